The summed E-state index contributed by atoms with van der Waals surface area (Å²) in [7, 11) is 0. The predicted molar refractivity (Wildman–Crippen MR) is 112 cm³/mol. The molecule has 4 nitrogen and oxygen atoms in total. The Morgan fingerprint density at radius 1 is 0.966 bits per heavy atom. The lowest BCUT2D eigenvalue weighted by molar-refractivity contribution is 0.306. The molecule has 0 atom stereocenters. The highest BCUT2D eigenvalue weighted by molar-refractivity contribution is 5.51. The van der Waals surface area contributed by atoms with Gasteiger partial charge in [-0.05, 0) is 53.6 Å². The van der Waals surface area contributed by atoms with Gasteiger partial charge < -0.3 is 4.74 Å². The smallest absolute Gasteiger partial charge is 0.279 e. The van der Waals surface area contributed by atoms with E-state index in [4.69, 9.17) is 4.74 Å². The second-order valence-electron chi connectivity index (χ2n) is 6.61. The Kier molecular flexibility index (Phi) is 5.12. The summed E-state index contributed by atoms with van der Waals surface area (Å²) < 4.78 is 20.2. The molecule has 0 amide bonds. The van der Waals surface area contributed by atoms with E-state index < -0.39 is 0 Å². The number of benzene rings is 3. The number of H-pyrrole nitrogens is 1. The summed E-state index contributed by atoms with van der Waals surface area (Å²) in [5, 5.41) is 4.07. The number of halogens is 1. The van der Waals surface area contributed by atoms with E-state index in [-0.39, 0.29) is 11.4 Å². The molecule has 29 heavy (non-hydrogen) atoms. The number of ether oxygens (including phenoxy) is 1. The first kappa shape index (κ1) is 18.5. The van der Waals surface area contributed by atoms with E-state index >= 15 is 0 Å². The van der Waals surface area contributed by atoms with Crippen LogP contribution in [-0.2, 0) is 6.61 Å². The van der Waals surface area contributed by atoms with Crippen molar-refractivity contribution in [1.82, 2.24) is 9.78 Å². The number of nitrogens with zero attached hydrogens (tertiary/aromatic N) is 1. The molecule has 1 N–H and O–H groups in total. The molecule has 3 aromatic carbocycles. The Balaban J connectivity index is 1.55. The van der Waals surface area contributed by atoms with E-state index in [1.165, 1.54) is 16.8 Å². The van der Waals surface area contributed by atoms with Gasteiger partial charge in [0.05, 0.1) is 16.3 Å². The molecule has 144 valence electrons. The molecular formula is C24H19FN2O2. The van der Waals surface area contributed by atoms with Gasteiger partial charge in [0.1, 0.15) is 18.2 Å². The summed E-state index contributed by atoms with van der Waals surface area (Å²) in [6.07, 6.45) is 1.80. The first-order valence-corrected chi connectivity index (χ1v) is 9.14. The van der Waals surface area contributed by atoms with Gasteiger partial charge in [-0.1, -0.05) is 49.0 Å². The van der Waals surface area contributed by atoms with Gasteiger partial charge in [0.25, 0.3) is 5.56 Å². The van der Waals surface area contributed by atoms with Crippen molar-refractivity contribution in [3.8, 4) is 11.4 Å². The van der Waals surface area contributed by atoms with Gasteiger partial charge in [-0.15, -0.1) is 0 Å². The summed E-state index contributed by atoms with van der Waals surface area (Å²) in [5.41, 5.74) is 2.35. The summed E-state index contributed by atoms with van der Waals surface area (Å²) in [6, 6.07) is 23.0. The molecule has 5 heteroatoms. The van der Waals surface area contributed by atoms with Crippen LogP contribution in [0.5, 0.6) is 5.75 Å². The zero-order valence-corrected chi connectivity index (χ0v) is 15.6. The van der Waals surface area contributed by atoms with Gasteiger partial charge in [0.2, 0.25) is 0 Å². The average Bonchev–Trinajstić information content (AvgIpc) is 3.03. The maximum Gasteiger partial charge on any atom is 0.279 e. The van der Waals surface area contributed by atoms with Crippen LogP contribution in [0.25, 0.3) is 18.3 Å². The van der Waals surface area contributed by atoms with Gasteiger partial charge in [0.15, 0.2) is 0 Å². The Morgan fingerprint density at radius 2 is 1.66 bits per heavy atom. The van der Waals surface area contributed by atoms with Crippen molar-refractivity contribution in [2.45, 2.75) is 6.61 Å². The molecule has 1 aromatic heterocycles. The standard InChI is InChI=1S/C24H19FN2O2/c1-17-23(24(28)27(26-17)21-5-3-2-4-6-21)15-18-9-13-22(14-10-18)29-16-19-7-11-20(25)12-8-19/h2-15,26H,1,16H2/b23-15-. The Morgan fingerprint density at radius 3 is 2.34 bits per heavy atom. The molecule has 1 heterocycles. The highest BCUT2D eigenvalue weighted by Crippen LogP contribution is 2.15. The Bertz CT molecular complexity index is 1270. The second kappa shape index (κ2) is 8.02. The molecule has 0 aliphatic carbocycles. The third kappa shape index (κ3) is 4.19. The molecule has 0 bridgehead atoms. The lowest BCUT2D eigenvalue weighted by Gasteiger charge is -2.06. The van der Waals surface area contributed by atoms with E-state index in [2.05, 4.69) is 11.7 Å². The van der Waals surface area contributed by atoms with Crippen LogP contribution in [-0.4, -0.2) is 9.78 Å². The maximum absolute atomic E-state index is 13.0. The number of hydrogen-bond acceptors (Lipinski definition) is 2. The number of rotatable bonds is 5. The van der Waals surface area contributed by atoms with Crippen LogP contribution in [0.2, 0.25) is 0 Å². The number of aromatic nitrogens is 2. The fourth-order valence-electron chi connectivity index (χ4n) is 2.98. The fourth-order valence-corrected chi connectivity index (χ4v) is 2.98. The molecular weight excluding hydrogens is 367 g/mol. The number of hydrogen-bond donors (Lipinski definition) is 1. The molecule has 0 fully saturated rings. The van der Waals surface area contributed by atoms with Crippen LogP contribution in [0.3, 0.4) is 0 Å². The molecule has 0 saturated carbocycles. The summed E-state index contributed by atoms with van der Waals surface area (Å²) in [6.45, 7) is 4.30. The predicted octanol–water partition coefficient (Wildman–Crippen LogP) is 3.12. The van der Waals surface area contributed by atoms with E-state index in [0.29, 0.717) is 22.9 Å². The molecule has 4 aromatic rings. The van der Waals surface area contributed by atoms with Crippen molar-refractivity contribution >= 4 is 12.7 Å². The number of nitrogens with one attached hydrogen (secondary N) is 1. The van der Waals surface area contributed by atoms with Crippen molar-refractivity contribution in [3.05, 3.63) is 117 Å². The maximum atomic E-state index is 13.0. The van der Waals surface area contributed by atoms with E-state index in [1.54, 1.807) is 18.2 Å². The molecule has 0 aliphatic heterocycles. The normalized spacial score (nSPS) is 11.6. The third-order valence-corrected chi connectivity index (χ3v) is 4.53. The second-order valence-corrected chi connectivity index (χ2v) is 6.61. The zero-order valence-electron chi connectivity index (χ0n) is 15.6. The summed E-state index contributed by atoms with van der Waals surface area (Å²) in [5.74, 6) is 0.423. The monoisotopic (exact) mass is 386 g/mol. The fraction of sp³-hybridized carbons (Fsp3) is 0.0417. The van der Waals surface area contributed by atoms with Crippen LogP contribution in [0.1, 0.15) is 11.1 Å². The van der Waals surface area contributed by atoms with Crippen LogP contribution in [0, 0.1) is 5.82 Å². The minimum absolute atomic E-state index is 0.155. The van der Waals surface area contributed by atoms with E-state index in [9.17, 15) is 9.18 Å². The SMILES string of the molecule is C=c1[nH]n(-c2ccccc2)c(=O)/c1=C\c1ccc(OCc2ccc(F)cc2)cc1. The first-order chi connectivity index (χ1) is 14.1. The first-order valence-electron chi connectivity index (χ1n) is 9.14. The van der Waals surface area contributed by atoms with Gasteiger partial charge in [-0.25, -0.2) is 9.07 Å². The van der Waals surface area contributed by atoms with Crippen molar-refractivity contribution < 1.29 is 9.13 Å². The lowest BCUT2D eigenvalue weighted by atomic mass is 10.2. The van der Waals surface area contributed by atoms with Gasteiger partial charge >= 0.3 is 0 Å². The molecule has 0 spiro atoms. The highest BCUT2D eigenvalue weighted by Gasteiger charge is 2.04. The number of para-hydroxylation sites is 1. The zero-order chi connectivity index (χ0) is 20.2. The van der Waals surface area contributed by atoms with Crippen molar-refractivity contribution in [2.75, 3.05) is 0 Å². The van der Waals surface area contributed by atoms with Crippen molar-refractivity contribution in [3.63, 3.8) is 0 Å². The molecule has 4 rings (SSSR count). The van der Waals surface area contributed by atoms with Gasteiger partial charge in [-0.2, -0.15) is 0 Å². The minimum atomic E-state index is -0.269. The van der Waals surface area contributed by atoms with Gasteiger partial charge in [0, 0.05) is 0 Å². The summed E-state index contributed by atoms with van der Waals surface area (Å²) >= 11 is 0. The van der Waals surface area contributed by atoms with Crippen LogP contribution < -0.4 is 20.9 Å². The topological polar surface area (TPSA) is 47.0 Å². The Labute approximate surface area is 166 Å². The number of aromatic amines is 1. The van der Waals surface area contributed by atoms with Crippen LogP contribution in [0.4, 0.5) is 4.39 Å². The van der Waals surface area contributed by atoms with Crippen LogP contribution >= 0.6 is 0 Å². The largest absolute Gasteiger partial charge is 0.489 e. The highest BCUT2D eigenvalue weighted by atomic mass is 19.1. The van der Waals surface area contributed by atoms with Gasteiger partial charge in [-0.3, -0.25) is 9.89 Å². The lowest BCUT2D eigenvalue weighted by Crippen LogP contribution is -2.33. The van der Waals surface area contributed by atoms with Crippen molar-refractivity contribution in [1.29, 1.82) is 0 Å². The molecule has 0 unspecified atom stereocenters. The van der Waals surface area contributed by atoms with Crippen molar-refractivity contribution in [2.24, 2.45) is 0 Å². The molecule has 0 radical (unpaired) electrons. The van der Waals surface area contributed by atoms with Crippen LogP contribution in [0.15, 0.2) is 83.7 Å². The summed E-state index contributed by atoms with van der Waals surface area (Å²) in [4.78, 5) is 12.8. The molecule has 0 aliphatic rings. The van der Waals surface area contributed by atoms with E-state index in [0.717, 1.165) is 16.8 Å². The minimum Gasteiger partial charge on any atom is -0.489 e. The average molecular weight is 386 g/mol. The molecule has 0 saturated heterocycles. The Hall–Kier alpha value is -3.86. The van der Waals surface area contributed by atoms with E-state index in [1.807, 2.05) is 54.6 Å². The third-order valence-electron chi connectivity index (χ3n) is 4.53. The quantitative estimate of drug-likeness (QED) is 0.573.